The van der Waals surface area contributed by atoms with Gasteiger partial charge in [-0.2, -0.15) is 0 Å². The summed E-state index contributed by atoms with van der Waals surface area (Å²) in [6.07, 6.45) is 5.08. The smallest absolute Gasteiger partial charge is 0.267 e. The molecule has 0 N–H and O–H groups in total. The maximum Gasteiger partial charge on any atom is 0.278 e. The zero-order chi connectivity index (χ0) is 12.9. The van der Waals surface area contributed by atoms with E-state index in [-0.39, 0.29) is 18.1 Å². The molecule has 1 saturated heterocycles. The summed E-state index contributed by atoms with van der Waals surface area (Å²) in [4.78, 5) is 18.2. The molecule has 0 radical (unpaired) electrons. The van der Waals surface area contributed by atoms with Gasteiger partial charge in [0.05, 0.1) is 6.04 Å². The average Bonchev–Trinajstić information content (AvgIpc) is 2.88. The molecule has 3 rings (SSSR count). The van der Waals surface area contributed by atoms with Crippen LogP contribution in [0.2, 0.25) is 0 Å². The number of nitrogens with zero attached hydrogens (tertiary/aromatic N) is 1. The summed E-state index contributed by atoms with van der Waals surface area (Å²) in [5.41, 5.74) is 4.01. The van der Waals surface area contributed by atoms with E-state index in [0.717, 1.165) is 23.1 Å². The topological polar surface area (TPSA) is 29.5 Å². The van der Waals surface area contributed by atoms with Gasteiger partial charge in [-0.1, -0.05) is 29.8 Å². The zero-order valence-corrected chi connectivity index (χ0v) is 10.9. The SMILES string of the molecule is Cc1cc(C)c(C(=O)N2OC3C=CC2C3)c(C)c1. The van der Waals surface area contributed by atoms with Crippen molar-refractivity contribution in [2.75, 3.05) is 0 Å². The molecule has 0 spiro atoms. The lowest BCUT2D eigenvalue weighted by molar-refractivity contribution is -0.114. The van der Waals surface area contributed by atoms with Crippen molar-refractivity contribution in [1.29, 1.82) is 0 Å². The molecular weight excluding hydrogens is 226 g/mol. The molecule has 1 fully saturated rings. The van der Waals surface area contributed by atoms with Crippen molar-refractivity contribution in [2.45, 2.75) is 39.3 Å². The van der Waals surface area contributed by atoms with E-state index in [1.54, 1.807) is 0 Å². The van der Waals surface area contributed by atoms with Crippen LogP contribution in [0.5, 0.6) is 0 Å². The fraction of sp³-hybridized carbons (Fsp3) is 0.400. The molecule has 1 aromatic carbocycles. The summed E-state index contributed by atoms with van der Waals surface area (Å²) in [5, 5.41) is 1.54. The summed E-state index contributed by atoms with van der Waals surface area (Å²) >= 11 is 0. The normalized spacial score (nSPS) is 24.9. The first-order valence-corrected chi connectivity index (χ1v) is 6.33. The number of carbonyl (C=O) groups excluding carboxylic acids is 1. The predicted molar refractivity (Wildman–Crippen MR) is 69.2 cm³/mol. The number of aryl methyl sites for hydroxylation is 3. The highest BCUT2D eigenvalue weighted by Gasteiger charge is 2.39. The van der Waals surface area contributed by atoms with E-state index >= 15 is 0 Å². The van der Waals surface area contributed by atoms with Crippen LogP contribution in [0.4, 0.5) is 0 Å². The Bertz CT molecular complexity index is 524. The second-order valence-corrected chi connectivity index (χ2v) is 5.24. The van der Waals surface area contributed by atoms with Crippen LogP contribution in [-0.2, 0) is 4.84 Å². The van der Waals surface area contributed by atoms with E-state index in [1.165, 1.54) is 10.6 Å². The fourth-order valence-corrected chi connectivity index (χ4v) is 2.95. The molecule has 1 amide bonds. The molecule has 3 heteroatoms. The van der Waals surface area contributed by atoms with E-state index in [1.807, 2.05) is 39.0 Å². The number of benzene rings is 1. The molecule has 1 heterocycles. The highest BCUT2D eigenvalue weighted by molar-refractivity contribution is 5.97. The molecule has 0 saturated carbocycles. The zero-order valence-electron chi connectivity index (χ0n) is 10.9. The number of hydrogen-bond donors (Lipinski definition) is 0. The van der Waals surface area contributed by atoms with Gasteiger partial charge in [-0.15, -0.1) is 0 Å². The quantitative estimate of drug-likeness (QED) is 0.710. The summed E-state index contributed by atoms with van der Waals surface area (Å²) in [5.74, 6) is -0.0122. The fourth-order valence-electron chi connectivity index (χ4n) is 2.95. The molecule has 0 aromatic heterocycles. The Morgan fingerprint density at radius 2 is 1.89 bits per heavy atom. The highest BCUT2D eigenvalue weighted by atomic mass is 16.7. The van der Waals surface area contributed by atoms with Crippen LogP contribution in [0.3, 0.4) is 0 Å². The molecule has 2 aliphatic rings. The van der Waals surface area contributed by atoms with Crippen molar-refractivity contribution in [3.63, 3.8) is 0 Å². The summed E-state index contributed by atoms with van der Waals surface area (Å²) < 4.78 is 0. The van der Waals surface area contributed by atoms with Gasteiger partial charge in [-0.3, -0.25) is 9.63 Å². The average molecular weight is 243 g/mol. The summed E-state index contributed by atoms with van der Waals surface area (Å²) in [6.45, 7) is 6.01. The highest BCUT2D eigenvalue weighted by Crippen LogP contribution is 2.31. The number of fused-ring (bicyclic) bond motifs is 2. The van der Waals surface area contributed by atoms with Gasteiger partial charge in [0.25, 0.3) is 5.91 Å². The van der Waals surface area contributed by atoms with Crippen molar-refractivity contribution in [2.24, 2.45) is 0 Å². The molecule has 1 aliphatic heterocycles. The lowest BCUT2D eigenvalue weighted by Gasteiger charge is -2.24. The van der Waals surface area contributed by atoms with Gasteiger partial charge in [0, 0.05) is 12.0 Å². The van der Waals surface area contributed by atoms with Crippen LogP contribution in [0, 0.1) is 20.8 Å². The molecule has 18 heavy (non-hydrogen) atoms. The van der Waals surface area contributed by atoms with Crippen LogP contribution in [0.15, 0.2) is 24.3 Å². The third-order valence-corrected chi connectivity index (χ3v) is 3.66. The second-order valence-electron chi connectivity index (χ2n) is 5.24. The molecule has 1 aromatic rings. The van der Waals surface area contributed by atoms with Gasteiger partial charge in [-0.05, 0) is 31.9 Å². The minimum absolute atomic E-state index is 0.0122. The van der Waals surface area contributed by atoms with E-state index in [0.29, 0.717) is 0 Å². The Morgan fingerprint density at radius 1 is 1.22 bits per heavy atom. The van der Waals surface area contributed by atoms with Crippen molar-refractivity contribution >= 4 is 5.91 Å². The maximum atomic E-state index is 12.6. The van der Waals surface area contributed by atoms with E-state index in [9.17, 15) is 4.79 Å². The Kier molecular flexibility index (Phi) is 2.52. The lowest BCUT2D eigenvalue weighted by Crippen LogP contribution is -2.35. The van der Waals surface area contributed by atoms with Crippen molar-refractivity contribution in [1.82, 2.24) is 5.06 Å². The molecule has 2 bridgehead atoms. The van der Waals surface area contributed by atoms with Crippen LogP contribution < -0.4 is 0 Å². The minimum Gasteiger partial charge on any atom is -0.267 e. The Balaban J connectivity index is 1.96. The third kappa shape index (κ3) is 1.66. The number of carbonyl (C=O) groups is 1. The van der Waals surface area contributed by atoms with Gasteiger partial charge in [0.15, 0.2) is 0 Å². The van der Waals surface area contributed by atoms with Gasteiger partial charge >= 0.3 is 0 Å². The Labute approximate surface area is 107 Å². The van der Waals surface area contributed by atoms with Crippen molar-refractivity contribution < 1.29 is 9.63 Å². The summed E-state index contributed by atoms with van der Waals surface area (Å²) in [7, 11) is 0. The van der Waals surface area contributed by atoms with Crippen LogP contribution >= 0.6 is 0 Å². The Morgan fingerprint density at radius 3 is 2.39 bits per heavy atom. The lowest BCUT2D eigenvalue weighted by atomic mass is 9.99. The van der Waals surface area contributed by atoms with Crippen LogP contribution in [0.1, 0.15) is 33.5 Å². The monoisotopic (exact) mass is 243 g/mol. The molecule has 3 nitrogen and oxygen atoms in total. The number of hydroxylamine groups is 2. The minimum atomic E-state index is -0.0122. The molecule has 2 atom stereocenters. The molecular formula is C15H17NO2. The second kappa shape index (κ2) is 3.95. The van der Waals surface area contributed by atoms with Gasteiger partial charge in [0.2, 0.25) is 0 Å². The maximum absolute atomic E-state index is 12.6. The first kappa shape index (κ1) is 11.5. The van der Waals surface area contributed by atoms with Crippen LogP contribution in [0.25, 0.3) is 0 Å². The third-order valence-electron chi connectivity index (χ3n) is 3.66. The van der Waals surface area contributed by atoms with E-state index in [4.69, 9.17) is 4.84 Å². The van der Waals surface area contributed by atoms with Gasteiger partial charge in [-0.25, -0.2) is 5.06 Å². The summed E-state index contributed by atoms with van der Waals surface area (Å²) in [6, 6.07) is 4.21. The molecule has 94 valence electrons. The van der Waals surface area contributed by atoms with E-state index in [2.05, 4.69) is 6.08 Å². The first-order chi connectivity index (χ1) is 8.56. The number of rotatable bonds is 1. The predicted octanol–water partition coefficient (Wildman–Crippen LogP) is 2.70. The van der Waals surface area contributed by atoms with Crippen molar-refractivity contribution in [3.8, 4) is 0 Å². The van der Waals surface area contributed by atoms with Gasteiger partial charge < -0.3 is 0 Å². The Hall–Kier alpha value is -1.61. The molecule has 2 unspecified atom stereocenters. The van der Waals surface area contributed by atoms with Crippen molar-refractivity contribution in [3.05, 3.63) is 46.5 Å². The number of amides is 1. The standard InChI is InChI=1S/C15H17NO2/c1-9-6-10(2)14(11(3)7-9)15(17)16-12-4-5-13(8-12)18-16/h4-7,12-13H,8H2,1-3H3. The van der Waals surface area contributed by atoms with Crippen LogP contribution in [-0.4, -0.2) is 23.1 Å². The first-order valence-electron chi connectivity index (χ1n) is 6.33. The van der Waals surface area contributed by atoms with E-state index < -0.39 is 0 Å². The largest absolute Gasteiger partial charge is 0.278 e. The molecule has 1 aliphatic carbocycles. The van der Waals surface area contributed by atoms with Gasteiger partial charge in [0.1, 0.15) is 6.10 Å². The number of hydrogen-bond acceptors (Lipinski definition) is 2.